The molecule has 0 aromatic carbocycles. The molecule has 2 aliphatic heterocycles. The van der Waals surface area contributed by atoms with Gasteiger partial charge in [0.2, 0.25) is 0 Å². The average molecular weight is 735 g/mol. The zero-order valence-corrected chi connectivity index (χ0v) is 29.8. The first kappa shape index (κ1) is 33.3. The monoisotopic (exact) mass is 736 g/mol. The van der Waals surface area contributed by atoms with Crippen LogP contribution in [-0.2, 0) is 16.0 Å². The topological polar surface area (TPSA) is 121 Å². The molecule has 0 fully saturated rings. The van der Waals surface area contributed by atoms with Crippen molar-refractivity contribution < 1.29 is 25.5 Å². The third-order valence-electron chi connectivity index (χ3n) is 9.01. The number of carboxylic acids is 2. The summed E-state index contributed by atoms with van der Waals surface area (Å²) in [6, 6.07) is 7.16. The predicted molar refractivity (Wildman–Crippen MR) is 182 cm³/mol. The van der Waals surface area contributed by atoms with Gasteiger partial charge in [-0.15, -0.1) is 0 Å². The van der Waals surface area contributed by atoms with Crippen molar-refractivity contribution in [2.75, 3.05) is 0 Å². The second-order valence-corrected chi connectivity index (χ2v) is 18.0. The van der Waals surface area contributed by atoms with Gasteiger partial charge >= 0.3 is 263 Å². The zero-order chi connectivity index (χ0) is 33.7. The summed E-state index contributed by atoms with van der Waals surface area (Å²) in [5.41, 5.74) is 10.7. The molecule has 3 aromatic rings. The third kappa shape index (κ3) is 6.06. The van der Waals surface area contributed by atoms with Crippen LogP contribution in [0.15, 0.2) is 30.8 Å². The predicted octanol–water partition coefficient (Wildman–Crippen LogP) is 8.56. The molecule has 5 heterocycles. The van der Waals surface area contributed by atoms with Crippen LogP contribution in [0.4, 0.5) is 5.73 Å². The Hall–Kier alpha value is -4.06. The Bertz CT molecular complexity index is 2050. The third-order valence-corrected chi connectivity index (χ3v) is 12.6. The van der Waals surface area contributed by atoms with Gasteiger partial charge in [0.15, 0.2) is 0 Å². The van der Waals surface area contributed by atoms with Crippen LogP contribution in [0.1, 0.15) is 91.5 Å². The van der Waals surface area contributed by atoms with Crippen molar-refractivity contribution in [2.45, 2.75) is 71.7 Å². The summed E-state index contributed by atoms with van der Waals surface area (Å²) in [5, 5.41) is 19.0. The Balaban J connectivity index is 2.03. The van der Waals surface area contributed by atoms with Crippen molar-refractivity contribution in [1.29, 1.82) is 0 Å². The number of carbonyl (C=O) groups is 2. The van der Waals surface area contributed by atoms with Crippen molar-refractivity contribution in [3.8, 4) is 0 Å². The minimum absolute atomic E-state index is 0.0794. The first-order chi connectivity index (χ1) is 21.7. The molecule has 0 aliphatic carbocycles. The first-order valence-electron chi connectivity index (χ1n) is 15.3. The molecule has 3 aromatic heterocycles. The van der Waals surface area contributed by atoms with Gasteiger partial charge in [-0.25, -0.2) is 0 Å². The molecule has 240 valence electrons. The fraction of sp³-hybridized carbons (Fsp3) is 0.314. The quantitative estimate of drug-likeness (QED) is 0.190. The molecule has 5 rings (SSSR count). The van der Waals surface area contributed by atoms with Crippen LogP contribution in [0.5, 0.6) is 0 Å². The van der Waals surface area contributed by atoms with Crippen molar-refractivity contribution in [3.05, 3.63) is 75.9 Å². The molecule has 0 radical (unpaired) electrons. The standard InChI is InChI=1S/C34H36N4O4.CH3.2FH.Sn/c1-7-21-17(3)25-13-26-19(5)23(9-11-33(39)40)31(37-26)16-32-24(10-12-34(41)42)20(6)28(38-32)15-30-22(8-2)18(4)27(36-30)14-29(21)35-25;;;;/h8,13-16H,2,7,9-12H2,1,3-6H3,(H4,35,36,37,38,39,40,41,42);1H3;2*1H;/q;;;;+3/p-3. The summed E-state index contributed by atoms with van der Waals surface area (Å²) in [6.45, 7) is 13.5. The molecule has 0 unspecified atom stereocenters. The molecule has 0 saturated carbocycles. The molecule has 0 spiro atoms. The van der Waals surface area contributed by atoms with E-state index in [1.165, 1.54) is 2.79 Å². The molecule has 2 aliphatic rings. The number of rotatable bonds is 9. The number of aliphatic carboxylic acids is 2. The number of hydrogen-bond acceptors (Lipinski definition) is 4. The van der Waals surface area contributed by atoms with Crippen molar-refractivity contribution in [3.63, 3.8) is 0 Å². The second-order valence-electron chi connectivity index (χ2n) is 11.9. The first-order valence-corrected chi connectivity index (χ1v) is 21.6. The van der Waals surface area contributed by atoms with Crippen LogP contribution in [0.3, 0.4) is 0 Å². The van der Waals surface area contributed by atoms with E-state index in [2.05, 4.69) is 11.6 Å². The Labute approximate surface area is 272 Å². The molecule has 11 heteroatoms. The van der Waals surface area contributed by atoms with Gasteiger partial charge in [-0.05, 0) is 0 Å². The molecule has 0 amide bonds. The zero-order valence-electron chi connectivity index (χ0n) is 26.9. The number of hydrogen-bond donors (Lipinski definition) is 3. The van der Waals surface area contributed by atoms with Gasteiger partial charge < -0.3 is 5.11 Å². The molecule has 0 saturated heterocycles. The Morgan fingerprint density at radius 1 is 0.848 bits per heavy atom. The maximum atomic E-state index is 15.8. The van der Waals surface area contributed by atoms with E-state index in [4.69, 9.17) is 9.97 Å². The molecular weight excluding hydrogens is 697 g/mol. The van der Waals surface area contributed by atoms with Crippen LogP contribution >= 0.6 is 0 Å². The molecule has 3 N–H and O–H groups in total. The Kier molecular flexibility index (Phi) is 9.14. The van der Waals surface area contributed by atoms with E-state index >= 15 is 5.73 Å². The van der Waals surface area contributed by atoms with Gasteiger partial charge in [-0.2, -0.15) is 0 Å². The van der Waals surface area contributed by atoms with Crippen LogP contribution in [0.25, 0.3) is 50.4 Å². The number of aromatic nitrogens is 4. The summed E-state index contributed by atoms with van der Waals surface area (Å²) in [7, 11) is 0. The van der Waals surface area contributed by atoms with E-state index in [0.717, 1.165) is 32.7 Å². The van der Waals surface area contributed by atoms with Crippen LogP contribution in [-0.4, -0.2) is 59.7 Å². The van der Waals surface area contributed by atoms with Crippen LogP contribution in [0.2, 0.25) is 4.94 Å². The number of nitrogens with one attached hydrogen (secondary N) is 1. The van der Waals surface area contributed by atoms with Crippen LogP contribution < -0.4 is 0 Å². The van der Waals surface area contributed by atoms with E-state index in [-0.39, 0.29) is 25.7 Å². The number of fused-ring (bicyclic) bond motifs is 8. The fourth-order valence-electron chi connectivity index (χ4n) is 6.55. The Morgan fingerprint density at radius 2 is 1.39 bits per heavy atom. The fourth-order valence-corrected chi connectivity index (χ4v) is 10.2. The summed E-state index contributed by atoms with van der Waals surface area (Å²) >= 11 is -5.91. The van der Waals surface area contributed by atoms with Crippen LogP contribution in [0, 0.1) is 13.8 Å². The molecule has 8 bridgehead atoms. The van der Waals surface area contributed by atoms with Gasteiger partial charge in [0.1, 0.15) is 0 Å². The number of H-pyrrole nitrogens is 1. The number of carboxylic acid groups (broad SMARTS) is 2. The summed E-state index contributed by atoms with van der Waals surface area (Å²) < 4.78 is 32.8. The van der Waals surface area contributed by atoms with Gasteiger partial charge in [-0.1, -0.05) is 0 Å². The van der Waals surface area contributed by atoms with E-state index in [0.29, 0.717) is 68.0 Å². The maximum absolute atomic E-state index is 15.8. The SMILES string of the molecule is C=Cc1c(C)c2cc3nc(cc4[nH]c(cc5nc(cc1[n]2[Sn]([CH3])([F])[F])C(C)=C5CCC(=O)O)c(CCC(=O)O)c4C)C(C)=C3CC. The second kappa shape index (κ2) is 12.6. The summed E-state index contributed by atoms with van der Waals surface area (Å²) in [5.74, 6) is -1.89. The van der Waals surface area contributed by atoms with E-state index in [9.17, 15) is 19.8 Å². The summed E-state index contributed by atoms with van der Waals surface area (Å²) in [4.78, 5) is 37.5. The van der Waals surface area contributed by atoms with E-state index < -0.39 is 31.7 Å². The number of aromatic amines is 1. The molecule has 0 atom stereocenters. The number of halogens is 2. The summed E-state index contributed by atoms with van der Waals surface area (Å²) in [6.07, 6.45) is 2.49. The number of aryl methyl sites for hydroxylation is 3. The Morgan fingerprint density at radius 3 is 1.98 bits per heavy atom. The minimum atomic E-state index is -5.91. The number of nitrogens with zero attached hydrogens (tertiary/aromatic N) is 3. The van der Waals surface area contributed by atoms with Crippen molar-refractivity contribution in [1.82, 2.24) is 17.7 Å². The van der Waals surface area contributed by atoms with Crippen molar-refractivity contribution >= 4 is 82.2 Å². The molecular formula is C35H38F2N4O4Sn. The van der Waals surface area contributed by atoms with Crippen molar-refractivity contribution in [2.24, 2.45) is 0 Å². The average Bonchev–Trinajstić information content (AvgIpc) is 3.62. The number of allylic oxidation sites excluding steroid dienone is 4. The van der Waals surface area contributed by atoms with Gasteiger partial charge in [0.25, 0.3) is 0 Å². The van der Waals surface area contributed by atoms with Gasteiger partial charge in [0, 0.05) is 0 Å². The van der Waals surface area contributed by atoms with Gasteiger partial charge in [0.05, 0.1) is 0 Å². The van der Waals surface area contributed by atoms with E-state index in [1.54, 1.807) is 18.2 Å². The molecule has 8 nitrogen and oxygen atoms in total. The van der Waals surface area contributed by atoms with Gasteiger partial charge in [-0.3, -0.25) is 4.79 Å². The van der Waals surface area contributed by atoms with E-state index in [1.807, 2.05) is 46.8 Å². The normalized spacial score (nSPS) is 13.5. The molecule has 46 heavy (non-hydrogen) atoms.